The molecule has 2 aliphatic rings. The Hall–Kier alpha value is -0.0800. The second kappa shape index (κ2) is 3.49. The molecule has 2 nitrogen and oxygen atoms in total. The summed E-state index contributed by atoms with van der Waals surface area (Å²) in [5.41, 5.74) is 6.41. The average molecular weight is 196 g/mol. The lowest BCUT2D eigenvalue weighted by molar-refractivity contribution is 0.137. The maximum Gasteiger partial charge on any atom is 0.0153 e. The molecular weight excluding hydrogens is 172 g/mol. The zero-order valence-electron chi connectivity index (χ0n) is 9.79. The van der Waals surface area contributed by atoms with Crippen LogP contribution in [0.3, 0.4) is 0 Å². The highest BCUT2D eigenvalue weighted by molar-refractivity contribution is 5.02. The summed E-state index contributed by atoms with van der Waals surface area (Å²) < 4.78 is 0. The van der Waals surface area contributed by atoms with E-state index in [2.05, 4.69) is 25.7 Å². The van der Waals surface area contributed by atoms with Crippen LogP contribution in [0, 0.1) is 11.8 Å². The van der Waals surface area contributed by atoms with E-state index in [1.807, 2.05) is 0 Å². The van der Waals surface area contributed by atoms with Crippen LogP contribution in [-0.2, 0) is 0 Å². The summed E-state index contributed by atoms with van der Waals surface area (Å²) in [4.78, 5) is 2.67. The zero-order chi connectivity index (χ0) is 10.3. The van der Waals surface area contributed by atoms with Crippen molar-refractivity contribution in [1.29, 1.82) is 0 Å². The van der Waals surface area contributed by atoms with E-state index in [0.717, 1.165) is 11.8 Å². The summed E-state index contributed by atoms with van der Waals surface area (Å²) in [5, 5.41) is 0. The molecule has 2 fully saturated rings. The first-order valence-electron chi connectivity index (χ1n) is 6.05. The van der Waals surface area contributed by atoms with Crippen molar-refractivity contribution in [2.75, 3.05) is 13.1 Å². The fraction of sp³-hybridized carbons (Fsp3) is 1.00. The predicted octanol–water partition coefficient (Wildman–Crippen LogP) is 1.84. The molecule has 0 aromatic rings. The van der Waals surface area contributed by atoms with Crippen LogP contribution in [0.15, 0.2) is 0 Å². The van der Waals surface area contributed by atoms with Gasteiger partial charge in [0.05, 0.1) is 0 Å². The Morgan fingerprint density at radius 3 is 2.57 bits per heavy atom. The van der Waals surface area contributed by atoms with E-state index in [4.69, 9.17) is 5.73 Å². The molecule has 1 heterocycles. The lowest BCUT2D eigenvalue weighted by Crippen LogP contribution is -2.46. The van der Waals surface area contributed by atoms with Crippen molar-refractivity contribution in [3.05, 3.63) is 0 Å². The van der Waals surface area contributed by atoms with Crippen LogP contribution in [-0.4, -0.2) is 29.6 Å². The molecule has 3 unspecified atom stereocenters. The highest BCUT2D eigenvalue weighted by Crippen LogP contribution is 2.42. The van der Waals surface area contributed by atoms with E-state index in [0.29, 0.717) is 11.6 Å². The lowest BCUT2D eigenvalue weighted by Gasteiger charge is -2.36. The van der Waals surface area contributed by atoms with Crippen molar-refractivity contribution in [2.24, 2.45) is 17.6 Å². The Balaban J connectivity index is 1.94. The van der Waals surface area contributed by atoms with Gasteiger partial charge in [-0.3, -0.25) is 4.90 Å². The molecule has 3 atom stereocenters. The van der Waals surface area contributed by atoms with Gasteiger partial charge < -0.3 is 5.73 Å². The monoisotopic (exact) mass is 196 g/mol. The number of nitrogens with two attached hydrogens (primary N) is 1. The quantitative estimate of drug-likeness (QED) is 0.746. The molecule has 0 amide bonds. The van der Waals surface area contributed by atoms with E-state index in [1.54, 1.807) is 0 Å². The third-order valence-electron chi connectivity index (χ3n) is 4.33. The Bertz CT molecular complexity index is 212. The highest BCUT2D eigenvalue weighted by Gasteiger charge is 2.47. The summed E-state index contributed by atoms with van der Waals surface area (Å²) in [7, 11) is 0. The topological polar surface area (TPSA) is 29.3 Å². The molecule has 14 heavy (non-hydrogen) atoms. The van der Waals surface area contributed by atoms with E-state index in [9.17, 15) is 0 Å². The average Bonchev–Trinajstić information content (AvgIpc) is 2.42. The normalized spacial score (nSPS) is 38.1. The van der Waals surface area contributed by atoms with Crippen LogP contribution in [0.25, 0.3) is 0 Å². The minimum Gasteiger partial charge on any atom is -0.327 e. The lowest BCUT2D eigenvalue weighted by atomic mass is 9.72. The van der Waals surface area contributed by atoms with Gasteiger partial charge in [-0.15, -0.1) is 0 Å². The molecule has 0 spiro atoms. The highest BCUT2D eigenvalue weighted by atomic mass is 15.2. The van der Waals surface area contributed by atoms with Crippen molar-refractivity contribution in [2.45, 2.75) is 51.6 Å². The van der Waals surface area contributed by atoms with Gasteiger partial charge in [0, 0.05) is 24.7 Å². The van der Waals surface area contributed by atoms with E-state index in [1.165, 1.54) is 32.4 Å². The van der Waals surface area contributed by atoms with Crippen LogP contribution in [0.4, 0.5) is 0 Å². The van der Waals surface area contributed by atoms with E-state index < -0.39 is 0 Å². The number of hydrogen-bond acceptors (Lipinski definition) is 2. The molecule has 1 saturated heterocycles. The van der Waals surface area contributed by atoms with Gasteiger partial charge in [0.15, 0.2) is 0 Å². The molecule has 0 radical (unpaired) electrons. The first-order chi connectivity index (χ1) is 6.54. The van der Waals surface area contributed by atoms with Crippen LogP contribution in [0.2, 0.25) is 0 Å². The fourth-order valence-electron chi connectivity index (χ4n) is 3.22. The molecule has 2 rings (SSSR count). The SMILES string of the molecule is CCCC(C)(C)N1CC2CC(N)C2C1. The zero-order valence-corrected chi connectivity index (χ0v) is 9.79. The number of nitrogens with zero attached hydrogens (tertiary/aromatic N) is 1. The smallest absolute Gasteiger partial charge is 0.0153 e. The van der Waals surface area contributed by atoms with Gasteiger partial charge in [-0.05, 0) is 38.5 Å². The van der Waals surface area contributed by atoms with Gasteiger partial charge >= 0.3 is 0 Å². The fourth-order valence-corrected chi connectivity index (χ4v) is 3.22. The van der Waals surface area contributed by atoms with Crippen molar-refractivity contribution in [3.8, 4) is 0 Å². The molecule has 82 valence electrons. The van der Waals surface area contributed by atoms with Gasteiger partial charge in [0.2, 0.25) is 0 Å². The van der Waals surface area contributed by atoms with Gasteiger partial charge in [0.25, 0.3) is 0 Å². The van der Waals surface area contributed by atoms with Gasteiger partial charge in [-0.1, -0.05) is 13.3 Å². The maximum absolute atomic E-state index is 6.02. The van der Waals surface area contributed by atoms with Crippen LogP contribution >= 0.6 is 0 Å². The van der Waals surface area contributed by atoms with Crippen LogP contribution in [0.5, 0.6) is 0 Å². The molecule has 2 N–H and O–H groups in total. The third kappa shape index (κ3) is 1.59. The Labute approximate surface area is 87.8 Å². The summed E-state index contributed by atoms with van der Waals surface area (Å²) >= 11 is 0. The third-order valence-corrected chi connectivity index (χ3v) is 4.33. The first-order valence-corrected chi connectivity index (χ1v) is 6.05. The second-order valence-corrected chi connectivity index (χ2v) is 5.79. The van der Waals surface area contributed by atoms with E-state index >= 15 is 0 Å². The molecule has 2 heteroatoms. The maximum atomic E-state index is 6.02. The second-order valence-electron chi connectivity index (χ2n) is 5.79. The van der Waals surface area contributed by atoms with Crippen molar-refractivity contribution < 1.29 is 0 Å². The summed E-state index contributed by atoms with van der Waals surface area (Å²) in [5.74, 6) is 1.73. The van der Waals surface area contributed by atoms with E-state index in [-0.39, 0.29) is 0 Å². The number of rotatable bonds is 3. The van der Waals surface area contributed by atoms with Crippen molar-refractivity contribution >= 4 is 0 Å². The first kappa shape index (κ1) is 10.4. The van der Waals surface area contributed by atoms with Crippen LogP contribution < -0.4 is 5.73 Å². The van der Waals surface area contributed by atoms with Gasteiger partial charge in [-0.2, -0.15) is 0 Å². The molecule has 0 bridgehead atoms. The summed E-state index contributed by atoms with van der Waals surface area (Å²) in [6.07, 6.45) is 3.86. The van der Waals surface area contributed by atoms with Crippen LogP contribution in [0.1, 0.15) is 40.0 Å². The molecule has 1 aliphatic heterocycles. The minimum atomic E-state index is 0.395. The molecule has 1 saturated carbocycles. The summed E-state index contributed by atoms with van der Waals surface area (Å²) in [6, 6.07) is 0.502. The Morgan fingerprint density at radius 2 is 2.07 bits per heavy atom. The largest absolute Gasteiger partial charge is 0.327 e. The van der Waals surface area contributed by atoms with Gasteiger partial charge in [-0.25, -0.2) is 0 Å². The Morgan fingerprint density at radius 1 is 1.36 bits per heavy atom. The van der Waals surface area contributed by atoms with Crippen molar-refractivity contribution in [3.63, 3.8) is 0 Å². The number of hydrogen-bond donors (Lipinski definition) is 1. The predicted molar refractivity (Wildman–Crippen MR) is 60.1 cm³/mol. The standard InChI is InChI=1S/C12H24N2/c1-4-5-12(2,3)14-7-9-6-11(13)10(9)8-14/h9-11H,4-8,13H2,1-3H3. The summed E-state index contributed by atoms with van der Waals surface area (Å²) in [6.45, 7) is 9.59. The minimum absolute atomic E-state index is 0.395. The van der Waals surface area contributed by atoms with Crippen molar-refractivity contribution in [1.82, 2.24) is 4.90 Å². The number of likely N-dealkylation sites (tertiary alicyclic amines) is 1. The number of fused-ring (bicyclic) bond motifs is 1. The molecular formula is C12H24N2. The Kier molecular flexibility index (Phi) is 2.61. The molecule has 0 aromatic carbocycles. The molecule has 0 aromatic heterocycles. The molecule has 1 aliphatic carbocycles. The van der Waals surface area contributed by atoms with Gasteiger partial charge in [0.1, 0.15) is 0 Å².